The van der Waals surface area contributed by atoms with Crippen LogP contribution in [0.15, 0.2) is 146 Å². The Kier molecular flexibility index (Phi) is 62.2. The van der Waals surface area contributed by atoms with Crippen LogP contribution in [0, 0.1) is 0 Å². The molecule has 0 aromatic rings. The number of ether oxygens (including phenoxy) is 3. The van der Waals surface area contributed by atoms with Gasteiger partial charge in [0, 0.05) is 19.3 Å². The number of carbonyl (C=O) groups is 3. The number of aliphatic hydroxyl groups is 2. The summed E-state index contributed by atoms with van der Waals surface area (Å²) in [5, 5.41) is 20.5. The molecule has 0 aliphatic heterocycles. The molecule has 0 rings (SSSR count). The van der Waals surface area contributed by atoms with E-state index < -0.39 is 91.5 Å². The van der Waals surface area contributed by atoms with Crippen LogP contribution in [-0.2, 0) is 55.8 Å². The zero-order valence-electron chi connectivity index (χ0n) is 56.0. The summed E-state index contributed by atoms with van der Waals surface area (Å²) in [5.74, 6) is -1.65. The highest BCUT2D eigenvalue weighted by molar-refractivity contribution is 7.47. The van der Waals surface area contributed by atoms with E-state index in [1.807, 2.05) is 0 Å². The average molecular weight is 1320 g/mol. The molecule has 18 heteroatoms. The van der Waals surface area contributed by atoms with Crippen molar-refractivity contribution in [2.45, 2.75) is 257 Å². The largest absolute Gasteiger partial charge is 0.472 e. The van der Waals surface area contributed by atoms with Gasteiger partial charge in [0.1, 0.15) is 25.4 Å². The van der Waals surface area contributed by atoms with Crippen molar-refractivity contribution in [3.8, 4) is 0 Å². The van der Waals surface area contributed by atoms with Gasteiger partial charge in [-0.15, -0.1) is 0 Å². The number of hydrogen-bond acceptors (Lipinski definition) is 14. The lowest BCUT2D eigenvalue weighted by Crippen LogP contribution is -2.30. The molecule has 0 radical (unpaired) electrons. The van der Waals surface area contributed by atoms with Crippen molar-refractivity contribution in [1.29, 1.82) is 0 Å². The first-order chi connectivity index (χ1) is 44.2. The first kappa shape index (κ1) is 86.4. The molecule has 5 atom stereocenters. The quantitative estimate of drug-likeness (QED) is 0.0146. The lowest BCUT2D eigenvalue weighted by atomic mass is 10.1. The van der Waals surface area contributed by atoms with Crippen molar-refractivity contribution < 1.29 is 75.8 Å². The molecule has 0 aromatic heterocycles. The summed E-state index contributed by atoms with van der Waals surface area (Å²) in [6.07, 6.45) is 77.7. The molecule has 5 unspecified atom stereocenters. The van der Waals surface area contributed by atoms with Gasteiger partial charge in [0.15, 0.2) is 6.10 Å². The molecule has 4 N–H and O–H groups in total. The smallest absolute Gasteiger partial charge is 0.463 e. The van der Waals surface area contributed by atoms with Gasteiger partial charge in [0.05, 0.1) is 26.4 Å². The first-order valence-electron chi connectivity index (χ1n) is 34.1. The van der Waals surface area contributed by atoms with Crippen LogP contribution in [0.1, 0.15) is 239 Å². The Labute approximate surface area is 549 Å². The minimum Gasteiger partial charge on any atom is -0.463 e. The molecule has 0 amide bonds. The molecule has 518 valence electrons. The molecule has 0 saturated carbocycles. The maximum atomic E-state index is 12.9. The lowest BCUT2D eigenvalue weighted by molar-refractivity contribution is -0.161. The molecule has 0 aliphatic carbocycles. The topological polar surface area (TPSA) is 231 Å². The summed E-state index contributed by atoms with van der Waals surface area (Å²) >= 11 is 0. The summed E-state index contributed by atoms with van der Waals surface area (Å²) in [6.45, 7) is 2.30. The highest BCUT2D eigenvalue weighted by Crippen LogP contribution is 2.45. The fraction of sp³-hybridized carbons (Fsp3) is 0.630. The third-order valence-electron chi connectivity index (χ3n) is 13.5. The number of phosphoric acid groups is 2. The van der Waals surface area contributed by atoms with Crippen LogP contribution < -0.4 is 0 Å². The molecule has 0 heterocycles. The number of carbonyl (C=O) groups excluding carboxylic acids is 3. The Hall–Kier alpha value is -4.57. The fourth-order valence-electron chi connectivity index (χ4n) is 8.34. The van der Waals surface area contributed by atoms with Gasteiger partial charge in [-0.1, -0.05) is 231 Å². The maximum Gasteiger partial charge on any atom is 0.472 e. The van der Waals surface area contributed by atoms with Crippen LogP contribution in [0.5, 0.6) is 0 Å². The van der Waals surface area contributed by atoms with Crippen LogP contribution in [0.3, 0.4) is 0 Å². The minimum absolute atomic E-state index is 0.0817. The molecule has 0 fully saturated rings. The lowest BCUT2D eigenvalue weighted by Gasteiger charge is -2.21. The Morgan fingerprint density at radius 2 is 0.582 bits per heavy atom. The van der Waals surface area contributed by atoms with Gasteiger partial charge in [-0.3, -0.25) is 32.5 Å². The second kappa shape index (κ2) is 65.5. The van der Waals surface area contributed by atoms with Crippen molar-refractivity contribution in [2.24, 2.45) is 0 Å². The summed E-state index contributed by atoms with van der Waals surface area (Å²) < 4.78 is 60.8. The molecule has 16 nitrogen and oxygen atoms in total. The van der Waals surface area contributed by atoms with Gasteiger partial charge in [-0.25, -0.2) is 9.13 Å². The molecule has 0 bridgehead atoms. The SMILES string of the molecule is CC/C=C\C/C=C\C/C=C\C/C=C\C/C=C\C/C=C\CCCCCCCCC(=O)OCC(O)COP(=O)(O)OCC(O)COP(=O)(O)OCC(COC(=O)CCCCC/C=C\C/C=C\C/C=C\C/C=C\C/C=C\CC)OC(=O)CCCCCCC/C=C\CCCC. The van der Waals surface area contributed by atoms with Crippen LogP contribution in [0.2, 0.25) is 0 Å². The van der Waals surface area contributed by atoms with Crippen LogP contribution in [0.25, 0.3) is 0 Å². The zero-order chi connectivity index (χ0) is 66.7. The number of aliphatic hydroxyl groups excluding tert-OH is 2. The summed E-state index contributed by atoms with van der Waals surface area (Å²) in [6, 6.07) is 0. The Bertz CT molecular complexity index is 2240. The molecular formula is C73H120O16P2. The van der Waals surface area contributed by atoms with E-state index in [-0.39, 0.29) is 19.3 Å². The number of unbranched alkanes of at least 4 members (excludes halogenated alkanes) is 16. The predicted octanol–water partition coefficient (Wildman–Crippen LogP) is 19.0. The molecule has 0 spiro atoms. The van der Waals surface area contributed by atoms with Crippen LogP contribution in [0.4, 0.5) is 0 Å². The number of esters is 3. The van der Waals surface area contributed by atoms with E-state index in [2.05, 4.69) is 167 Å². The molecular weight excluding hydrogens is 1190 g/mol. The average Bonchev–Trinajstić information content (AvgIpc) is 3.54. The second-order valence-electron chi connectivity index (χ2n) is 22.2. The van der Waals surface area contributed by atoms with Gasteiger partial charge in [0.25, 0.3) is 0 Å². The summed E-state index contributed by atoms with van der Waals surface area (Å²) in [5.41, 5.74) is 0. The monoisotopic (exact) mass is 1310 g/mol. The van der Waals surface area contributed by atoms with Crippen molar-refractivity contribution in [3.05, 3.63) is 146 Å². The number of hydrogen-bond donors (Lipinski definition) is 4. The summed E-state index contributed by atoms with van der Waals surface area (Å²) in [7, 11) is -9.80. The highest BCUT2D eigenvalue weighted by Gasteiger charge is 2.29. The summed E-state index contributed by atoms with van der Waals surface area (Å²) in [4.78, 5) is 58.3. The molecule has 0 saturated heterocycles. The number of allylic oxidation sites excluding steroid dienone is 24. The normalized spacial score (nSPS) is 15.1. The standard InChI is InChI=1S/C73H120O16P2/c1-4-7-10-13-16-19-22-24-26-28-30-31-32-33-34-35-37-39-40-42-45-47-50-53-56-59-71(76)83-62-68(74)63-85-90(79,80)86-64-69(75)65-87-91(81,82)88-67-70(89-73(78)61-58-55-52-49-44-21-18-15-12-9-6-3)66-84-72(77)60-57-54-51-48-46-43-41-38-36-29-27-25-23-20-17-14-11-8-5-2/h7-8,10-11,15-20,24-27,30-31,33-34,36-39,43,46,68-70,74-75H,4-6,9,12-14,21-23,28-29,32,35,40-42,44-45,47-67H2,1-3H3,(H,79,80)(H,81,82)/b10-7-,11-8-,18-15-,19-16-,20-17-,26-24-,27-25-,31-30-,34-33-,38-36-,39-37-,46-43-. The predicted molar refractivity (Wildman–Crippen MR) is 371 cm³/mol. The fourth-order valence-corrected chi connectivity index (χ4v) is 9.93. The third-order valence-corrected chi connectivity index (χ3v) is 15.4. The molecule has 91 heavy (non-hydrogen) atoms. The van der Waals surface area contributed by atoms with Crippen molar-refractivity contribution in [2.75, 3.05) is 39.6 Å². The van der Waals surface area contributed by atoms with E-state index in [4.69, 9.17) is 32.3 Å². The maximum absolute atomic E-state index is 12.9. The number of phosphoric ester groups is 2. The van der Waals surface area contributed by atoms with Gasteiger partial charge in [-0.2, -0.15) is 0 Å². The molecule has 0 aromatic carbocycles. The van der Waals surface area contributed by atoms with E-state index in [0.717, 1.165) is 167 Å². The Morgan fingerprint density at radius 3 is 0.945 bits per heavy atom. The zero-order valence-corrected chi connectivity index (χ0v) is 57.7. The van der Waals surface area contributed by atoms with Gasteiger partial charge >= 0.3 is 33.6 Å². The van der Waals surface area contributed by atoms with Crippen molar-refractivity contribution in [1.82, 2.24) is 0 Å². The van der Waals surface area contributed by atoms with E-state index in [1.165, 1.54) is 12.8 Å². The van der Waals surface area contributed by atoms with E-state index in [0.29, 0.717) is 19.3 Å². The first-order valence-corrected chi connectivity index (χ1v) is 37.1. The Morgan fingerprint density at radius 1 is 0.319 bits per heavy atom. The minimum atomic E-state index is -4.94. The van der Waals surface area contributed by atoms with Gasteiger partial charge in [0.2, 0.25) is 0 Å². The van der Waals surface area contributed by atoms with Crippen molar-refractivity contribution in [3.63, 3.8) is 0 Å². The van der Waals surface area contributed by atoms with Gasteiger partial charge < -0.3 is 34.2 Å². The van der Waals surface area contributed by atoms with Crippen molar-refractivity contribution >= 4 is 33.6 Å². The van der Waals surface area contributed by atoms with Gasteiger partial charge in [-0.05, 0) is 135 Å². The van der Waals surface area contributed by atoms with E-state index in [1.54, 1.807) is 0 Å². The van der Waals surface area contributed by atoms with E-state index in [9.17, 15) is 43.5 Å². The highest BCUT2D eigenvalue weighted by atomic mass is 31.2. The second-order valence-corrected chi connectivity index (χ2v) is 25.1. The van der Waals surface area contributed by atoms with Crippen LogP contribution in [-0.4, -0.2) is 95.9 Å². The Balaban J connectivity index is 4.60. The molecule has 0 aliphatic rings. The number of rotatable bonds is 63. The van der Waals surface area contributed by atoms with Crippen LogP contribution >= 0.6 is 15.6 Å². The third kappa shape index (κ3) is 66.7. The van der Waals surface area contributed by atoms with E-state index >= 15 is 0 Å².